The molecule has 4 aromatic rings. The van der Waals surface area contributed by atoms with Crippen LogP contribution in [0, 0.1) is 0 Å². The van der Waals surface area contributed by atoms with Crippen molar-refractivity contribution in [3.8, 4) is 5.75 Å². The first kappa shape index (κ1) is 23.1. The Morgan fingerprint density at radius 2 is 1.94 bits per heavy atom. The van der Waals surface area contributed by atoms with Crippen LogP contribution < -0.4 is 19.5 Å². The number of Topliss-reactive ketones (excluding diaryl/α,β-unsaturated/α-hetero) is 1. The Morgan fingerprint density at radius 1 is 1.18 bits per heavy atom. The van der Waals surface area contributed by atoms with Crippen LogP contribution in [0.4, 0.5) is 0 Å². The number of hydrogen-bond acceptors (Lipinski definition) is 7. The van der Waals surface area contributed by atoms with Gasteiger partial charge in [0.15, 0.2) is 5.78 Å². The van der Waals surface area contributed by atoms with Crippen LogP contribution in [0.5, 0.6) is 5.75 Å². The second kappa shape index (κ2) is 10.2. The van der Waals surface area contributed by atoms with E-state index in [9.17, 15) is 9.59 Å². The standard InChI is InChI=1S/C24H20ClN3O3S2/c1-3-15-8-10-16(11-9-15)12-21-24(30)28(14-18-23(25)33-27-26-18)22(32-21)13-19(29)17-6-4-5-7-20(17)31-2/h4-13H,3,14H2,1-2H3/b21-12-,22-13-. The van der Waals surface area contributed by atoms with Gasteiger partial charge in [0.25, 0.3) is 5.56 Å². The molecule has 0 saturated heterocycles. The number of nitrogens with zero attached hydrogens (tertiary/aromatic N) is 3. The monoisotopic (exact) mass is 497 g/mol. The molecule has 0 unspecified atom stereocenters. The number of aryl methyl sites for hydroxylation is 1. The van der Waals surface area contributed by atoms with Crippen LogP contribution in [0.15, 0.2) is 53.3 Å². The van der Waals surface area contributed by atoms with Crippen LogP contribution in [0.2, 0.25) is 4.34 Å². The Labute approximate surface area is 203 Å². The van der Waals surface area contributed by atoms with Gasteiger partial charge in [-0.3, -0.25) is 14.2 Å². The van der Waals surface area contributed by atoms with Gasteiger partial charge in [-0.1, -0.05) is 59.4 Å². The molecule has 0 aliphatic carbocycles. The lowest BCUT2D eigenvalue weighted by Gasteiger charge is -2.04. The number of carbonyl (C=O) groups is 1. The molecule has 4 rings (SSSR count). The Balaban J connectivity index is 1.85. The second-order valence-corrected chi connectivity index (χ2v) is 9.56. The van der Waals surface area contributed by atoms with E-state index in [1.807, 2.05) is 30.3 Å². The molecule has 2 heterocycles. The summed E-state index contributed by atoms with van der Waals surface area (Å²) in [6.07, 6.45) is 4.22. The Kier molecular flexibility index (Phi) is 7.17. The molecule has 0 N–H and O–H groups in total. The normalized spacial score (nSPS) is 12.3. The van der Waals surface area contributed by atoms with Crippen LogP contribution in [-0.4, -0.2) is 27.0 Å². The highest BCUT2D eigenvalue weighted by molar-refractivity contribution is 7.10. The summed E-state index contributed by atoms with van der Waals surface area (Å²) in [6.45, 7) is 2.22. The number of para-hydroxylation sites is 1. The lowest BCUT2D eigenvalue weighted by molar-refractivity contribution is 0.105. The maximum Gasteiger partial charge on any atom is 0.269 e. The van der Waals surface area contributed by atoms with Crippen molar-refractivity contribution in [2.24, 2.45) is 0 Å². The van der Waals surface area contributed by atoms with Crippen LogP contribution in [0.25, 0.3) is 12.2 Å². The summed E-state index contributed by atoms with van der Waals surface area (Å²) in [7, 11) is 1.52. The number of ether oxygens (including phenoxy) is 1. The first-order chi connectivity index (χ1) is 16.0. The molecular weight excluding hydrogens is 478 g/mol. The summed E-state index contributed by atoms with van der Waals surface area (Å²) in [6, 6.07) is 15.0. The first-order valence-corrected chi connectivity index (χ1v) is 12.1. The van der Waals surface area contributed by atoms with Crippen molar-refractivity contribution in [2.75, 3.05) is 7.11 Å². The van der Waals surface area contributed by atoms with Crippen LogP contribution >= 0.6 is 34.5 Å². The van der Waals surface area contributed by atoms with E-state index in [0.717, 1.165) is 23.5 Å². The average Bonchev–Trinajstić information content (AvgIpc) is 3.37. The maximum atomic E-state index is 13.3. The molecular formula is C24H20ClN3O3S2. The van der Waals surface area contributed by atoms with E-state index in [0.29, 0.717) is 30.5 Å². The smallest absolute Gasteiger partial charge is 0.269 e. The van der Waals surface area contributed by atoms with Crippen LogP contribution in [-0.2, 0) is 13.0 Å². The number of benzene rings is 2. The molecule has 168 valence electrons. The van der Waals surface area contributed by atoms with Gasteiger partial charge in [0.05, 0.1) is 23.8 Å². The minimum atomic E-state index is -0.260. The zero-order valence-electron chi connectivity index (χ0n) is 17.9. The molecule has 0 aliphatic rings. The quantitative estimate of drug-likeness (QED) is 0.365. The maximum absolute atomic E-state index is 13.3. The first-order valence-electron chi connectivity index (χ1n) is 10.2. The molecule has 0 saturated carbocycles. The van der Waals surface area contributed by atoms with Gasteiger partial charge in [0.2, 0.25) is 0 Å². The minimum Gasteiger partial charge on any atom is -0.496 e. The summed E-state index contributed by atoms with van der Waals surface area (Å²) < 4.78 is 12.1. The molecule has 0 bridgehead atoms. The number of aromatic nitrogens is 3. The predicted molar refractivity (Wildman–Crippen MR) is 133 cm³/mol. The van der Waals surface area contributed by atoms with Crippen LogP contribution in [0.3, 0.4) is 0 Å². The lowest BCUT2D eigenvalue weighted by atomic mass is 10.1. The Bertz CT molecular complexity index is 1470. The molecule has 33 heavy (non-hydrogen) atoms. The highest BCUT2D eigenvalue weighted by atomic mass is 35.5. The summed E-state index contributed by atoms with van der Waals surface area (Å²) in [5.41, 5.74) is 2.82. The largest absolute Gasteiger partial charge is 0.496 e. The zero-order chi connectivity index (χ0) is 23.4. The van der Waals surface area contributed by atoms with Gasteiger partial charge < -0.3 is 4.74 Å². The molecule has 0 spiro atoms. The van der Waals surface area contributed by atoms with Crippen LogP contribution in [0.1, 0.15) is 34.1 Å². The van der Waals surface area contributed by atoms with Crippen molar-refractivity contribution in [1.82, 2.24) is 14.2 Å². The molecule has 0 atom stereocenters. The number of thiazole rings is 1. The number of halogens is 1. The molecule has 0 radical (unpaired) electrons. The summed E-state index contributed by atoms with van der Waals surface area (Å²) in [4.78, 5) is 26.4. The summed E-state index contributed by atoms with van der Waals surface area (Å²) in [5.74, 6) is 0.211. The van der Waals surface area contributed by atoms with E-state index in [2.05, 4.69) is 16.5 Å². The molecule has 0 fully saturated rings. The fourth-order valence-electron chi connectivity index (χ4n) is 3.27. The van der Waals surface area contributed by atoms with Crippen molar-refractivity contribution >= 4 is 52.4 Å². The SMILES string of the molecule is CCc1ccc(/C=c2\s/c(=C\C(=O)c3ccccc3OC)n(Cc3nnsc3Cl)c2=O)cc1. The van der Waals surface area contributed by atoms with Gasteiger partial charge >= 0.3 is 0 Å². The third-order valence-corrected chi connectivity index (χ3v) is 7.11. The van der Waals surface area contributed by atoms with E-state index in [1.165, 1.54) is 34.7 Å². The predicted octanol–water partition coefficient (Wildman–Crippen LogP) is 3.53. The number of hydrogen-bond donors (Lipinski definition) is 0. The van der Waals surface area contributed by atoms with Crippen molar-refractivity contribution in [1.29, 1.82) is 0 Å². The molecule has 6 nitrogen and oxygen atoms in total. The third kappa shape index (κ3) is 5.13. The fraction of sp³-hybridized carbons (Fsp3) is 0.167. The van der Waals surface area contributed by atoms with Gasteiger partial charge in [0, 0.05) is 17.6 Å². The molecule has 0 aliphatic heterocycles. The number of carbonyl (C=O) groups excluding carboxylic acids is 1. The van der Waals surface area contributed by atoms with Crippen molar-refractivity contribution in [3.63, 3.8) is 0 Å². The van der Waals surface area contributed by atoms with Gasteiger partial charge in [-0.15, -0.1) is 16.4 Å². The number of methoxy groups -OCH3 is 1. The minimum absolute atomic E-state index is 0.123. The van der Waals surface area contributed by atoms with E-state index in [-0.39, 0.29) is 17.9 Å². The molecule has 2 aromatic heterocycles. The highest BCUT2D eigenvalue weighted by Gasteiger charge is 2.14. The van der Waals surface area contributed by atoms with Gasteiger partial charge in [0.1, 0.15) is 20.4 Å². The number of rotatable bonds is 7. The summed E-state index contributed by atoms with van der Waals surface area (Å²) >= 11 is 8.48. The van der Waals surface area contributed by atoms with Gasteiger partial charge in [-0.2, -0.15) is 0 Å². The molecule has 0 amide bonds. The fourth-order valence-corrected chi connectivity index (χ4v) is 4.93. The lowest BCUT2D eigenvalue weighted by Crippen LogP contribution is -2.32. The van der Waals surface area contributed by atoms with Gasteiger partial charge in [-0.25, -0.2) is 0 Å². The topological polar surface area (TPSA) is 74.1 Å². The van der Waals surface area contributed by atoms with E-state index >= 15 is 0 Å². The summed E-state index contributed by atoms with van der Waals surface area (Å²) in [5, 5.41) is 4.02. The molecule has 2 aromatic carbocycles. The van der Waals surface area contributed by atoms with E-state index < -0.39 is 0 Å². The Hall–Kier alpha value is -3.07. The van der Waals surface area contributed by atoms with Crippen molar-refractivity contribution in [3.05, 3.63) is 94.8 Å². The molecule has 9 heteroatoms. The van der Waals surface area contributed by atoms with Gasteiger partial charge in [-0.05, 0) is 35.8 Å². The van der Waals surface area contributed by atoms with Crippen molar-refractivity contribution < 1.29 is 9.53 Å². The average molecular weight is 498 g/mol. The third-order valence-electron chi connectivity index (χ3n) is 5.07. The second-order valence-electron chi connectivity index (χ2n) is 7.14. The number of ketones is 1. The highest BCUT2D eigenvalue weighted by Crippen LogP contribution is 2.19. The van der Waals surface area contributed by atoms with E-state index in [1.54, 1.807) is 24.3 Å². The van der Waals surface area contributed by atoms with E-state index in [4.69, 9.17) is 16.3 Å². The van der Waals surface area contributed by atoms with Crippen molar-refractivity contribution in [2.45, 2.75) is 19.9 Å². The Morgan fingerprint density at radius 3 is 2.61 bits per heavy atom. The zero-order valence-corrected chi connectivity index (χ0v) is 20.3.